The molecule has 21 heavy (non-hydrogen) atoms. The predicted octanol–water partition coefficient (Wildman–Crippen LogP) is 1.71. The van der Waals surface area contributed by atoms with Crippen LogP contribution in [0, 0.1) is 18.8 Å². The minimum atomic E-state index is -0.180. The quantitative estimate of drug-likeness (QED) is 0.843. The molecule has 0 atom stereocenters. The van der Waals surface area contributed by atoms with E-state index in [1.54, 1.807) is 35.1 Å². The second kappa shape index (κ2) is 6.73. The van der Waals surface area contributed by atoms with Gasteiger partial charge in [-0.05, 0) is 31.2 Å². The molecular weight excluding hydrogens is 266 g/mol. The summed E-state index contributed by atoms with van der Waals surface area (Å²) in [7, 11) is 1.81. The van der Waals surface area contributed by atoms with Crippen LogP contribution in [0.15, 0.2) is 30.5 Å². The summed E-state index contributed by atoms with van der Waals surface area (Å²) in [4.78, 5) is 12.1. The van der Waals surface area contributed by atoms with Crippen molar-refractivity contribution < 1.29 is 9.90 Å². The van der Waals surface area contributed by atoms with E-state index in [1.165, 1.54) is 0 Å². The lowest BCUT2D eigenvalue weighted by Gasteiger charge is -2.03. The highest BCUT2D eigenvalue weighted by Crippen LogP contribution is 2.13. The number of benzene rings is 1. The third kappa shape index (κ3) is 3.94. The number of aliphatic hydroxyl groups is 1. The third-order valence-corrected chi connectivity index (χ3v) is 2.88. The van der Waals surface area contributed by atoms with E-state index < -0.39 is 0 Å². The Balaban J connectivity index is 2.07. The van der Waals surface area contributed by atoms with E-state index in [9.17, 15) is 4.79 Å². The van der Waals surface area contributed by atoms with Gasteiger partial charge in [0.2, 0.25) is 0 Å². The van der Waals surface area contributed by atoms with Crippen molar-refractivity contribution in [2.24, 2.45) is 7.05 Å². The van der Waals surface area contributed by atoms with Gasteiger partial charge in [0.05, 0.1) is 18.0 Å². The largest absolute Gasteiger partial charge is 0.395 e. The van der Waals surface area contributed by atoms with Gasteiger partial charge in [-0.3, -0.25) is 9.48 Å². The van der Waals surface area contributed by atoms with Crippen LogP contribution in [0.4, 0.5) is 5.69 Å². The Morgan fingerprint density at radius 1 is 1.38 bits per heavy atom. The van der Waals surface area contributed by atoms with Crippen molar-refractivity contribution in [3.8, 4) is 11.8 Å². The molecule has 0 spiro atoms. The van der Waals surface area contributed by atoms with Gasteiger partial charge in [-0.25, -0.2) is 0 Å². The molecular formula is C16H17N3O2. The number of aliphatic hydroxyl groups excluding tert-OH is 1. The second-order valence-corrected chi connectivity index (χ2v) is 4.61. The zero-order valence-corrected chi connectivity index (χ0v) is 12.1. The number of carbonyl (C=O) groups is 1. The Labute approximate surface area is 123 Å². The topological polar surface area (TPSA) is 67.2 Å². The molecule has 0 bridgehead atoms. The van der Waals surface area contributed by atoms with Crippen LogP contribution in [-0.2, 0) is 7.05 Å². The minimum Gasteiger partial charge on any atom is -0.395 e. The van der Waals surface area contributed by atoms with E-state index in [2.05, 4.69) is 22.3 Å². The Morgan fingerprint density at radius 3 is 2.67 bits per heavy atom. The molecule has 2 N–H and O–H groups in total. The molecule has 0 aliphatic heterocycles. The second-order valence-electron chi connectivity index (χ2n) is 4.61. The van der Waals surface area contributed by atoms with Crippen molar-refractivity contribution in [3.05, 3.63) is 47.3 Å². The van der Waals surface area contributed by atoms with E-state index in [0.717, 1.165) is 11.3 Å². The lowest BCUT2D eigenvalue weighted by Crippen LogP contribution is -2.12. The van der Waals surface area contributed by atoms with Crippen LogP contribution >= 0.6 is 0 Å². The van der Waals surface area contributed by atoms with E-state index in [-0.39, 0.29) is 12.5 Å². The van der Waals surface area contributed by atoms with Crippen LogP contribution in [0.1, 0.15) is 28.0 Å². The normalized spacial score (nSPS) is 9.86. The summed E-state index contributed by atoms with van der Waals surface area (Å²) in [5.74, 6) is 5.58. The highest BCUT2D eigenvalue weighted by Gasteiger charge is 2.09. The first-order valence-corrected chi connectivity index (χ1v) is 6.61. The van der Waals surface area contributed by atoms with Gasteiger partial charge in [0, 0.05) is 30.8 Å². The number of nitrogens with one attached hydrogen (secondary N) is 1. The smallest absolute Gasteiger partial charge is 0.255 e. The van der Waals surface area contributed by atoms with E-state index in [4.69, 9.17) is 5.11 Å². The number of aryl methyl sites for hydroxylation is 2. The molecule has 5 nitrogen and oxygen atoms in total. The highest BCUT2D eigenvalue weighted by molar-refractivity contribution is 6.04. The van der Waals surface area contributed by atoms with Crippen LogP contribution in [0.3, 0.4) is 0 Å². The summed E-state index contributed by atoms with van der Waals surface area (Å²) in [6.07, 6.45) is 2.21. The molecule has 1 aromatic heterocycles. The fourth-order valence-electron chi connectivity index (χ4n) is 1.84. The van der Waals surface area contributed by atoms with Crippen LogP contribution in [-0.4, -0.2) is 27.4 Å². The summed E-state index contributed by atoms with van der Waals surface area (Å²) in [6, 6.07) is 7.03. The maximum Gasteiger partial charge on any atom is 0.255 e. The van der Waals surface area contributed by atoms with Crippen LogP contribution < -0.4 is 5.32 Å². The lowest BCUT2D eigenvalue weighted by molar-refractivity contribution is 0.102. The first-order chi connectivity index (χ1) is 10.1. The number of amides is 1. The molecule has 0 aliphatic rings. The molecule has 0 aliphatic carbocycles. The lowest BCUT2D eigenvalue weighted by atomic mass is 10.1. The standard InChI is InChI=1S/C16H17N3O2/c1-12-15(11-19(2)18-12)17-16(21)14-8-6-13(7-9-14)5-3-4-10-20/h6-9,11,20H,4,10H2,1-2H3,(H,17,21). The van der Waals surface area contributed by atoms with Crippen molar-refractivity contribution in [2.45, 2.75) is 13.3 Å². The number of hydrogen-bond donors (Lipinski definition) is 2. The first kappa shape index (κ1) is 14.8. The number of aromatic nitrogens is 2. The van der Waals surface area contributed by atoms with Crippen molar-refractivity contribution >= 4 is 11.6 Å². The summed E-state index contributed by atoms with van der Waals surface area (Å²) in [5.41, 5.74) is 2.86. The van der Waals surface area contributed by atoms with E-state index in [1.807, 2.05) is 14.0 Å². The van der Waals surface area contributed by atoms with Gasteiger partial charge in [-0.15, -0.1) is 0 Å². The maximum atomic E-state index is 12.1. The molecule has 0 saturated heterocycles. The summed E-state index contributed by atoms with van der Waals surface area (Å²) >= 11 is 0. The Kier molecular flexibility index (Phi) is 4.75. The molecule has 108 valence electrons. The Morgan fingerprint density at radius 2 is 2.10 bits per heavy atom. The SMILES string of the molecule is Cc1nn(C)cc1NC(=O)c1ccc(C#CCCO)cc1. The molecule has 0 saturated carbocycles. The monoisotopic (exact) mass is 283 g/mol. The van der Waals surface area contributed by atoms with E-state index in [0.29, 0.717) is 17.7 Å². The van der Waals surface area contributed by atoms with E-state index >= 15 is 0 Å². The Bertz CT molecular complexity index is 691. The molecule has 5 heteroatoms. The van der Waals surface area contributed by atoms with Gasteiger partial charge in [0.25, 0.3) is 5.91 Å². The van der Waals surface area contributed by atoms with Crippen LogP contribution in [0.25, 0.3) is 0 Å². The maximum absolute atomic E-state index is 12.1. The fourth-order valence-corrected chi connectivity index (χ4v) is 1.84. The highest BCUT2D eigenvalue weighted by atomic mass is 16.2. The summed E-state index contributed by atoms with van der Waals surface area (Å²) in [6.45, 7) is 1.90. The summed E-state index contributed by atoms with van der Waals surface area (Å²) < 4.78 is 1.66. The van der Waals surface area contributed by atoms with Crippen LogP contribution in [0.2, 0.25) is 0 Å². The van der Waals surface area contributed by atoms with Gasteiger partial charge in [0.15, 0.2) is 0 Å². The Hall–Kier alpha value is -2.58. The molecule has 0 radical (unpaired) electrons. The minimum absolute atomic E-state index is 0.0535. The average molecular weight is 283 g/mol. The summed E-state index contributed by atoms with van der Waals surface area (Å²) in [5, 5.41) is 15.7. The zero-order chi connectivity index (χ0) is 15.2. The third-order valence-electron chi connectivity index (χ3n) is 2.88. The molecule has 0 fully saturated rings. The van der Waals surface area contributed by atoms with Crippen LogP contribution in [0.5, 0.6) is 0 Å². The van der Waals surface area contributed by atoms with Gasteiger partial charge in [-0.2, -0.15) is 5.10 Å². The first-order valence-electron chi connectivity index (χ1n) is 6.61. The number of rotatable bonds is 3. The van der Waals surface area contributed by atoms with Crippen molar-refractivity contribution in [2.75, 3.05) is 11.9 Å². The molecule has 1 aromatic carbocycles. The molecule has 0 unspecified atom stereocenters. The van der Waals surface area contributed by atoms with Gasteiger partial charge < -0.3 is 10.4 Å². The van der Waals surface area contributed by atoms with Gasteiger partial charge in [0.1, 0.15) is 0 Å². The number of anilines is 1. The molecule has 2 rings (SSSR count). The molecule has 1 amide bonds. The van der Waals surface area contributed by atoms with Crippen molar-refractivity contribution in [3.63, 3.8) is 0 Å². The zero-order valence-electron chi connectivity index (χ0n) is 12.1. The molecule has 2 aromatic rings. The van der Waals surface area contributed by atoms with Gasteiger partial charge >= 0.3 is 0 Å². The van der Waals surface area contributed by atoms with Gasteiger partial charge in [-0.1, -0.05) is 11.8 Å². The number of hydrogen-bond acceptors (Lipinski definition) is 3. The predicted molar refractivity (Wildman–Crippen MR) is 80.9 cm³/mol. The number of nitrogens with zero attached hydrogens (tertiary/aromatic N) is 2. The molecule has 1 heterocycles. The number of carbonyl (C=O) groups excluding carboxylic acids is 1. The fraction of sp³-hybridized carbons (Fsp3) is 0.250. The van der Waals surface area contributed by atoms with Crippen molar-refractivity contribution in [1.29, 1.82) is 0 Å². The van der Waals surface area contributed by atoms with Crippen molar-refractivity contribution in [1.82, 2.24) is 9.78 Å². The average Bonchev–Trinajstić information content (AvgIpc) is 2.78.